The number of aryl methyl sites for hydroxylation is 1. The summed E-state index contributed by atoms with van der Waals surface area (Å²) in [7, 11) is 0. The topological polar surface area (TPSA) is 50.9 Å². The SMILES string of the molecule is Cc1ccc(C(C)(O)c2cnnn2-c2ccccc2)s1. The molecule has 3 rings (SSSR count). The molecule has 5 heteroatoms. The van der Waals surface area contributed by atoms with Crippen molar-refractivity contribution in [3.05, 3.63) is 64.1 Å². The maximum Gasteiger partial charge on any atom is 0.139 e. The molecule has 102 valence electrons. The first kappa shape index (κ1) is 13.0. The number of hydrogen-bond donors (Lipinski definition) is 1. The lowest BCUT2D eigenvalue weighted by Crippen LogP contribution is -2.25. The zero-order valence-electron chi connectivity index (χ0n) is 11.3. The number of thiophene rings is 1. The molecule has 1 N–H and O–H groups in total. The van der Waals surface area contributed by atoms with Gasteiger partial charge in [-0.1, -0.05) is 23.4 Å². The van der Waals surface area contributed by atoms with Crippen LogP contribution in [0.5, 0.6) is 0 Å². The predicted octanol–water partition coefficient (Wildman–Crippen LogP) is 2.89. The number of nitrogens with zero attached hydrogens (tertiary/aromatic N) is 3. The molecule has 0 fully saturated rings. The van der Waals surface area contributed by atoms with Crippen LogP contribution in [0.3, 0.4) is 0 Å². The van der Waals surface area contributed by atoms with Crippen molar-refractivity contribution < 1.29 is 5.11 Å². The van der Waals surface area contributed by atoms with E-state index < -0.39 is 5.60 Å². The standard InChI is InChI=1S/C15H15N3OS/c1-11-8-9-14(20-11)15(2,19)13-10-16-17-18(13)12-6-4-3-5-7-12/h3-10,19H,1-2H3. The highest BCUT2D eigenvalue weighted by molar-refractivity contribution is 7.12. The summed E-state index contributed by atoms with van der Waals surface area (Å²) in [5, 5.41) is 19.0. The Hall–Kier alpha value is -1.98. The third kappa shape index (κ3) is 2.15. The number of aliphatic hydroxyl groups is 1. The zero-order chi connectivity index (χ0) is 14.2. The fourth-order valence-corrected chi connectivity index (χ4v) is 3.07. The summed E-state index contributed by atoms with van der Waals surface area (Å²) in [5.74, 6) is 0. The first-order chi connectivity index (χ1) is 9.59. The number of para-hydroxylation sites is 1. The monoisotopic (exact) mass is 285 g/mol. The molecule has 4 nitrogen and oxygen atoms in total. The van der Waals surface area contributed by atoms with E-state index in [-0.39, 0.29) is 0 Å². The van der Waals surface area contributed by atoms with Gasteiger partial charge in [-0.05, 0) is 38.1 Å². The normalized spacial score (nSPS) is 14.2. The average molecular weight is 285 g/mol. The lowest BCUT2D eigenvalue weighted by atomic mass is 10.0. The summed E-state index contributed by atoms with van der Waals surface area (Å²) in [5.41, 5.74) is 0.428. The van der Waals surface area contributed by atoms with Gasteiger partial charge in [-0.2, -0.15) is 0 Å². The van der Waals surface area contributed by atoms with Crippen LogP contribution in [-0.2, 0) is 5.60 Å². The van der Waals surface area contributed by atoms with E-state index in [1.54, 1.807) is 29.1 Å². The molecule has 2 heterocycles. The molecule has 0 spiro atoms. The van der Waals surface area contributed by atoms with Gasteiger partial charge in [0.2, 0.25) is 0 Å². The molecule has 0 aliphatic carbocycles. The van der Waals surface area contributed by atoms with Gasteiger partial charge in [-0.25, -0.2) is 4.68 Å². The minimum absolute atomic E-state index is 0.658. The van der Waals surface area contributed by atoms with Gasteiger partial charge < -0.3 is 5.11 Å². The second-order valence-corrected chi connectivity index (χ2v) is 6.14. The van der Waals surface area contributed by atoms with Crippen LogP contribution in [0.4, 0.5) is 0 Å². The van der Waals surface area contributed by atoms with Gasteiger partial charge in [-0.15, -0.1) is 16.4 Å². The van der Waals surface area contributed by atoms with Gasteiger partial charge in [0.1, 0.15) is 11.3 Å². The molecule has 0 amide bonds. The van der Waals surface area contributed by atoms with Crippen LogP contribution in [0.25, 0.3) is 5.69 Å². The van der Waals surface area contributed by atoms with E-state index in [0.717, 1.165) is 10.6 Å². The number of rotatable bonds is 3. The van der Waals surface area contributed by atoms with Crippen LogP contribution in [0.1, 0.15) is 22.4 Å². The first-order valence-corrected chi connectivity index (χ1v) is 7.16. The van der Waals surface area contributed by atoms with Crippen molar-refractivity contribution >= 4 is 11.3 Å². The van der Waals surface area contributed by atoms with Crippen molar-refractivity contribution in [3.8, 4) is 5.69 Å². The van der Waals surface area contributed by atoms with Crippen LogP contribution < -0.4 is 0 Å². The summed E-state index contributed by atoms with van der Waals surface area (Å²) in [6.45, 7) is 3.80. The Morgan fingerprint density at radius 1 is 1.15 bits per heavy atom. The van der Waals surface area contributed by atoms with Crippen molar-refractivity contribution in [2.24, 2.45) is 0 Å². The molecule has 1 aromatic carbocycles. The first-order valence-electron chi connectivity index (χ1n) is 6.35. The van der Waals surface area contributed by atoms with Gasteiger partial charge in [-0.3, -0.25) is 0 Å². The van der Waals surface area contributed by atoms with Crippen LogP contribution in [0, 0.1) is 6.92 Å². The summed E-state index contributed by atoms with van der Waals surface area (Å²) in [6, 6.07) is 13.6. The van der Waals surface area contributed by atoms with Gasteiger partial charge in [0.25, 0.3) is 0 Å². The number of hydrogen-bond acceptors (Lipinski definition) is 4. The molecule has 0 radical (unpaired) electrons. The Bertz CT molecular complexity index is 716. The largest absolute Gasteiger partial charge is 0.378 e. The maximum absolute atomic E-state index is 10.9. The Labute approximate surface area is 121 Å². The summed E-state index contributed by atoms with van der Waals surface area (Å²) >= 11 is 1.58. The van der Waals surface area contributed by atoms with E-state index in [2.05, 4.69) is 10.3 Å². The molecule has 0 aliphatic heterocycles. The predicted molar refractivity (Wildman–Crippen MR) is 79.1 cm³/mol. The molecular formula is C15H15N3OS. The molecule has 1 unspecified atom stereocenters. The lowest BCUT2D eigenvalue weighted by Gasteiger charge is -2.22. The van der Waals surface area contributed by atoms with E-state index >= 15 is 0 Å². The highest BCUT2D eigenvalue weighted by atomic mass is 32.1. The van der Waals surface area contributed by atoms with E-state index in [0.29, 0.717) is 5.69 Å². The Morgan fingerprint density at radius 2 is 1.90 bits per heavy atom. The molecule has 0 saturated heterocycles. The van der Waals surface area contributed by atoms with Crippen molar-refractivity contribution in [2.75, 3.05) is 0 Å². The summed E-state index contributed by atoms with van der Waals surface area (Å²) < 4.78 is 1.68. The average Bonchev–Trinajstić information content (AvgIpc) is 3.08. The summed E-state index contributed by atoms with van der Waals surface area (Å²) in [6.07, 6.45) is 1.61. The highest BCUT2D eigenvalue weighted by Gasteiger charge is 2.32. The van der Waals surface area contributed by atoms with Crippen LogP contribution in [-0.4, -0.2) is 20.1 Å². The Kier molecular flexibility index (Phi) is 3.16. The van der Waals surface area contributed by atoms with Gasteiger partial charge in [0, 0.05) is 9.75 Å². The Morgan fingerprint density at radius 3 is 2.55 bits per heavy atom. The molecular weight excluding hydrogens is 270 g/mol. The molecule has 0 saturated carbocycles. The second kappa shape index (κ2) is 4.85. The van der Waals surface area contributed by atoms with E-state index in [1.165, 1.54) is 4.88 Å². The fraction of sp³-hybridized carbons (Fsp3) is 0.200. The maximum atomic E-state index is 10.9. The minimum atomic E-state index is -1.11. The lowest BCUT2D eigenvalue weighted by molar-refractivity contribution is 0.0985. The third-order valence-corrected chi connectivity index (χ3v) is 4.48. The number of benzene rings is 1. The molecule has 20 heavy (non-hydrogen) atoms. The smallest absolute Gasteiger partial charge is 0.139 e. The van der Waals surface area contributed by atoms with E-state index in [4.69, 9.17) is 0 Å². The number of aromatic nitrogens is 3. The second-order valence-electron chi connectivity index (χ2n) is 4.85. The minimum Gasteiger partial charge on any atom is -0.378 e. The van der Waals surface area contributed by atoms with Crippen molar-refractivity contribution in [1.82, 2.24) is 15.0 Å². The summed E-state index contributed by atoms with van der Waals surface area (Å²) in [4.78, 5) is 2.05. The Balaban J connectivity index is 2.10. The van der Waals surface area contributed by atoms with Crippen LogP contribution in [0.15, 0.2) is 48.7 Å². The van der Waals surface area contributed by atoms with Gasteiger partial charge >= 0.3 is 0 Å². The molecule has 0 aliphatic rings. The molecule has 2 aromatic heterocycles. The van der Waals surface area contributed by atoms with E-state index in [1.807, 2.05) is 49.4 Å². The quantitative estimate of drug-likeness (QED) is 0.805. The van der Waals surface area contributed by atoms with Crippen molar-refractivity contribution in [3.63, 3.8) is 0 Å². The van der Waals surface area contributed by atoms with Crippen molar-refractivity contribution in [1.29, 1.82) is 0 Å². The van der Waals surface area contributed by atoms with Gasteiger partial charge in [0.15, 0.2) is 0 Å². The molecule has 3 aromatic rings. The third-order valence-electron chi connectivity index (χ3n) is 3.27. The highest BCUT2D eigenvalue weighted by Crippen LogP contribution is 2.34. The molecule has 0 bridgehead atoms. The van der Waals surface area contributed by atoms with Crippen molar-refractivity contribution in [2.45, 2.75) is 19.4 Å². The zero-order valence-corrected chi connectivity index (χ0v) is 12.1. The van der Waals surface area contributed by atoms with Gasteiger partial charge in [0.05, 0.1) is 11.9 Å². The molecule has 1 atom stereocenters. The van der Waals surface area contributed by atoms with Crippen LogP contribution >= 0.6 is 11.3 Å². The van der Waals surface area contributed by atoms with E-state index in [9.17, 15) is 5.11 Å². The fourth-order valence-electron chi connectivity index (χ4n) is 2.15. The van der Waals surface area contributed by atoms with Crippen LogP contribution in [0.2, 0.25) is 0 Å².